The molecule has 9 nitrogen and oxygen atoms in total. The summed E-state index contributed by atoms with van der Waals surface area (Å²) in [4.78, 5) is 27.6. The summed E-state index contributed by atoms with van der Waals surface area (Å²) in [6.45, 7) is 3.86. The number of piperazine rings is 1. The van der Waals surface area contributed by atoms with E-state index in [1.54, 1.807) is 36.0 Å². The second-order valence-electron chi connectivity index (χ2n) is 6.14. The third-order valence-corrected chi connectivity index (χ3v) is 4.34. The van der Waals surface area contributed by atoms with Crippen LogP contribution < -0.4 is 10.1 Å². The fourth-order valence-corrected chi connectivity index (χ4v) is 2.80. The number of ether oxygens (including phenoxy) is 2. The molecule has 1 N–H and O–H groups in total. The van der Waals surface area contributed by atoms with E-state index in [0.717, 1.165) is 11.4 Å². The molecule has 1 fully saturated rings. The van der Waals surface area contributed by atoms with Crippen LogP contribution in [0.25, 0.3) is 0 Å². The Morgan fingerprint density at radius 3 is 2.25 bits per heavy atom. The number of amides is 2. The lowest BCUT2D eigenvalue weighted by Crippen LogP contribution is -2.50. The molecule has 2 heterocycles. The van der Waals surface area contributed by atoms with Gasteiger partial charge in [-0.25, -0.2) is 4.79 Å². The predicted molar refractivity (Wildman–Crippen MR) is 103 cm³/mol. The molecule has 0 spiro atoms. The molecule has 9 heteroatoms. The van der Waals surface area contributed by atoms with Gasteiger partial charge in [0.1, 0.15) is 5.75 Å². The monoisotopic (exact) mass is 385 g/mol. The first kappa shape index (κ1) is 19.4. The van der Waals surface area contributed by atoms with Crippen LogP contribution in [0.5, 0.6) is 5.75 Å². The molecule has 0 radical (unpaired) electrons. The summed E-state index contributed by atoms with van der Waals surface area (Å²) in [5, 5.41) is 11.2. The lowest BCUT2D eigenvalue weighted by Gasteiger charge is -2.33. The fourth-order valence-electron chi connectivity index (χ4n) is 2.80. The van der Waals surface area contributed by atoms with Gasteiger partial charge in [-0.2, -0.15) is 0 Å². The maximum absolute atomic E-state index is 12.6. The number of anilines is 2. The van der Waals surface area contributed by atoms with Crippen molar-refractivity contribution in [2.24, 2.45) is 0 Å². The Morgan fingerprint density at radius 2 is 1.68 bits per heavy atom. The van der Waals surface area contributed by atoms with Crippen LogP contribution in [0.2, 0.25) is 0 Å². The van der Waals surface area contributed by atoms with Gasteiger partial charge in [-0.1, -0.05) is 0 Å². The van der Waals surface area contributed by atoms with Gasteiger partial charge in [0, 0.05) is 31.9 Å². The minimum Gasteiger partial charge on any atom is -0.497 e. The predicted octanol–water partition coefficient (Wildman–Crippen LogP) is 2.14. The van der Waals surface area contributed by atoms with E-state index in [0.29, 0.717) is 38.6 Å². The van der Waals surface area contributed by atoms with Crippen LogP contribution in [-0.2, 0) is 4.74 Å². The average molecular weight is 385 g/mol. The van der Waals surface area contributed by atoms with Crippen molar-refractivity contribution in [3.05, 3.63) is 42.1 Å². The van der Waals surface area contributed by atoms with E-state index in [1.807, 2.05) is 24.3 Å². The van der Waals surface area contributed by atoms with E-state index in [4.69, 9.17) is 9.47 Å². The molecule has 0 aliphatic carbocycles. The molecule has 148 valence electrons. The van der Waals surface area contributed by atoms with Crippen LogP contribution in [0, 0.1) is 0 Å². The quantitative estimate of drug-likeness (QED) is 0.842. The number of hydrogen-bond acceptors (Lipinski definition) is 7. The Kier molecular flexibility index (Phi) is 6.25. The highest BCUT2D eigenvalue weighted by Gasteiger charge is 2.26. The topological polar surface area (TPSA) is 96.9 Å². The number of methoxy groups -OCH3 is 1. The van der Waals surface area contributed by atoms with Crippen LogP contribution in [-0.4, -0.2) is 71.9 Å². The van der Waals surface area contributed by atoms with Gasteiger partial charge >= 0.3 is 6.09 Å². The minimum atomic E-state index is -0.344. The molecule has 0 saturated carbocycles. The standard InChI is InChI=1S/C19H23N5O4/c1-3-28-19(26)24-12-10-23(11-13-24)18(25)16-8-9-17(22-21-16)20-14-4-6-15(27-2)7-5-14/h4-9H,3,10-13H2,1-2H3,(H,20,22). The van der Waals surface area contributed by atoms with Gasteiger partial charge in [-0.15, -0.1) is 10.2 Å². The molecule has 1 aliphatic heterocycles. The summed E-state index contributed by atoms with van der Waals surface area (Å²) in [6.07, 6.45) is -0.344. The van der Waals surface area contributed by atoms with Crippen molar-refractivity contribution < 1.29 is 19.1 Å². The molecule has 3 rings (SSSR count). The number of nitrogens with zero attached hydrogens (tertiary/aromatic N) is 4. The Bertz CT molecular complexity index is 802. The van der Waals surface area contributed by atoms with E-state index >= 15 is 0 Å². The third kappa shape index (κ3) is 4.67. The van der Waals surface area contributed by atoms with Crippen LogP contribution in [0.4, 0.5) is 16.3 Å². The van der Waals surface area contributed by atoms with Crippen LogP contribution in [0.3, 0.4) is 0 Å². The van der Waals surface area contributed by atoms with Gasteiger partial charge in [0.25, 0.3) is 5.91 Å². The molecule has 1 aliphatic rings. The molecule has 1 aromatic carbocycles. The highest BCUT2D eigenvalue weighted by molar-refractivity contribution is 5.92. The number of aromatic nitrogens is 2. The molecule has 0 unspecified atom stereocenters. The smallest absolute Gasteiger partial charge is 0.409 e. The zero-order valence-electron chi connectivity index (χ0n) is 15.9. The van der Waals surface area contributed by atoms with Crippen LogP contribution in [0.1, 0.15) is 17.4 Å². The van der Waals surface area contributed by atoms with Gasteiger partial charge in [0.15, 0.2) is 11.5 Å². The highest BCUT2D eigenvalue weighted by Crippen LogP contribution is 2.18. The van der Waals surface area contributed by atoms with Crippen molar-refractivity contribution >= 4 is 23.5 Å². The van der Waals surface area contributed by atoms with Crippen molar-refractivity contribution in [3.63, 3.8) is 0 Å². The average Bonchev–Trinajstić information content (AvgIpc) is 2.74. The minimum absolute atomic E-state index is 0.202. The van der Waals surface area contributed by atoms with Crippen molar-refractivity contribution in [1.29, 1.82) is 0 Å². The van der Waals surface area contributed by atoms with Gasteiger partial charge < -0.3 is 24.6 Å². The number of rotatable bonds is 5. The summed E-state index contributed by atoms with van der Waals surface area (Å²) in [7, 11) is 1.61. The second kappa shape index (κ2) is 9.03. The molecule has 1 aromatic heterocycles. The zero-order chi connectivity index (χ0) is 19.9. The van der Waals surface area contributed by atoms with E-state index in [2.05, 4.69) is 15.5 Å². The summed E-state index contributed by atoms with van der Waals surface area (Å²) in [6, 6.07) is 10.7. The Morgan fingerprint density at radius 1 is 1.00 bits per heavy atom. The Hall–Kier alpha value is -3.36. The molecule has 1 saturated heterocycles. The van der Waals surface area contributed by atoms with Crippen molar-refractivity contribution in [3.8, 4) is 5.75 Å². The number of nitrogens with one attached hydrogen (secondary N) is 1. The number of carbonyl (C=O) groups excluding carboxylic acids is 2. The molecule has 2 aromatic rings. The van der Waals surface area contributed by atoms with E-state index in [1.165, 1.54) is 0 Å². The van der Waals surface area contributed by atoms with E-state index in [-0.39, 0.29) is 17.7 Å². The lowest BCUT2D eigenvalue weighted by atomic mass is 10.2. The number of carbonyl (C=O) groups is 2. The largest absolute Gasteiger partial charge is 0.497 e. The van der Waals surface area contributed by atoms with Crippen molar-refractivity contribution in [2.45, 2.75) is 6.92 Å². The van der Waals surface area contributed by atoms with Crippen LogP contribution >= 0.6 is 0 Å². The van der Waals surface area contributed by atoms with Gasteiger partial charge in [0.2, 0.25) is 0 Å². The van der Waals surface area contributed by atoms with Crippen molar-refractivity contribution in [2.75, 3.05) is 45.2 Å². The molecule has 2 amide bonds. The van der Waals surface area contributed by atoms with Gasteiger partial charge in [-0.05, 0) is 43.3 Å². The normalized spacial score (nSPS) is 13.8. The maximum Gasteiger partial charge on any atom is 0.409 e. The highest BCUT2D eigenvalue weighted by atomic mass is 16.6. The number of benzene rings is 1. The van der Waals surface area contributed by atoms with E-state index in [9.17, 15) is 9.59 Å². The molecular formula is C19H23N5O4. The van der Waals surface area contributed by atoms with Crippen molar-refractivity contribution in [1.82, 2.24) is 20.0 Å². The Balaban J connectivity index is 1.55. The molecule has 28 heavy (non-hydrogen) atoms. The summed E-state index contributed by atoms with van der Waals surface area (Å²) in [5.74, 6) is 1.10. The fraction of sp³-hybridized carbons (Fsp3) is 0.368. The summed E-state index contributed by atoms with van der Waals surface area (Å²) >= 11 is 0. The molecular weight excluding hydrogens is 362 g/mol. The van der Waals surface area contributed by atoms with Crippen LogP contribution in [0.15, 0.2) is 36.4 Å². The number of hydrogen-bond donors (Lipinski definition) is 1. The van der Waals surface area contributed by atoms with Gasteiger partial charge in [0.05, 0.1) is 13.7 Å². The SMILES string of the molecule is CCOC(=O)N1CCN(C(=O)c2ccc(Nc3ccc(OC)cc3)nn2)CC1. The van der Waals surface area contributed by atoms with E-state index < -0.39 is 0 Å². The first-order valence-electron chi connectivity index (χ1n) is 9.06. The summed E-state index contributed by atoms with van der Waals surface area (Å²) in [5.41, 5.74) is 1.11. The second-order valence-corrected chi connectivity index (χ2v) is 6.14. The third-order valence-electron chi connectivity index (χ3n) is 4.34. The first-order chi connectivity index (χ1) is 13.6. The molecule has 0 atom stereocenters. The maximum atomic E-state index is 12.6. The summed E-state index contributed by atoms with van der Waals surface area (Å²) < 4.78 is 10.1. The lowest BCUT2D eigenvalue weighted by molar-refractivity contribution is 0.0565. The van der Waals surface area contributed by atoms with Gasteiger partial charge in [-0.3, -0.25) is 4.79 Å². The zero-order valence-corrected chi connectivity index (χ0v) is 15.9. The Labute approximate surface area is 163 Å². The molecule has 0 bridgehead atoms. The first-order valence-corrected chi connectivity index (χ1v) is 9.06.